The third-order valence-electron chi connectivity index (χ3n) is 8.25. The summed E-state index contributed by atoms with van der Waals surface area (Å²) in [5.74, 6) is 1.99. The van der Waals surface area contributed by atoms with Gasteiger partial charge in [-0.25, -0.2) is 15.0 Å². The minimum Gasteiger partial charge on any atom is -0.309 e. The molecule has 0 atom stereocenters. The molecule has 9 rings (SSSR count). The van der Waals surface area contributed by atoms with Crippen molar-refractivity contribution in [3.05, 3.63) is 146 Å². The van der Waals surface area contributed by atoms with Crippen molar-refractivity contribution in [1.82, 2.24) is 19.5 Å². The molecule has 3 heterocycles. The van der Waals surface area contributed by atoms with Crippen molar-refractivity contribution in [3.8, 4) is 39.9 Å². The molecule has 0 unspecified atom stereocenters. The Kier molecular flexibility index (Phi) is 5.64. The van der Waals surface area contributed by atoms with Gasteiger partial charge in [0.2, 0.25) is 0 Å². The molecule has 0 amide bonds. The SMILES string of the molecule is c1ccc(-c2nc(-c3ccccc3)nc(-c3ccc4sc5cccc(-n6c7ccccc7c7ccccc76)c5c4c3)n2)cc1. The molecule has 5 heteroatoms. The first-order chi connectivity index (χ1) is 21.8. The van der Waals surface area contributed by atoms with Crippen molar-refractivity contribution in [2.75, 3.05) is 0 Å². The molecule has 0 radical (unpaired) electrons. The Bertz CT molecular complexity index is 2380. The maximum Gasteiger partial charge on any atom is 0.164 e. The van der Waals surface area contributed by atoms with Gasteiger partial charge in [-0.05, 0) is 42.5 Å². The standard InChI is InChI=1S/C39H24N4S/c1-3-12-25(13-4-1)37-40-38(26-14-5-2-6-15-26)42-39(41-37)27-22-23-34-30(24-27)36-33(20-11-21-35(36)44-34)43-31-18-9-7-16-28(31)29-17-8-10-19-32(29)43/h1-24H. The van der Waals surface area contributed by atoms with Gasteiger partial charge in [-0.1, -0.05) is 103 Å². The van der Waals surface area contributed by atoms with Gasteiger partial charge in [0.15, 0.2) is 17.5 Å². The number of hydrogen-bond acceptors (Lipinski definition) is 4. The molecular formula is C39H24N4S. The number of aromatic nitrogens is 4. The first-order valence-electron chi connectivity index (χ1n) is 14.6. The number of benzene rings is 6. The molecule has 0 aliphatic heterocycles. The molecule has 0 saturated carbocycles. The van der Waals surface area contributed by atoms with Crippen LogP contribution in [0.3, 0.4) is 0 Å². The van der Waals surface area contributed by atoms with Crippen molar-refractivity contribution >= 4 is 53.3 Å². The van der Waals surface area contributed by atoms with Crippen LogP contribution in [-0.4, -0.2) is 19.5 Å². The first-order valence-corrected chi connectivity index (χ1v) is 15.4. The van der Waals surface area contributed by atoms with Crippen LogP contribution in [0.5, 0.6) is 0 Å². The Morgan fingerprint density at radius 1 is 0.409 bits per heavy atom. The molecule has 3 aromatic heterocycles. The number of fused-ring (bicyclic) bond motifs is 6. The molecule has 4 nitrogen and oxygen atoms in total. The zero-order chi connectivity index (χ0) is 29.0. The van der Waals surface area contributed by atoms with E-state index in [1.54, 1.807) is 0 Å². The van der Waals surface area contributed by atoms with Crippen LogP contribution in [0.1, 0.15) is 0 Å². The molecule has 206 valence electrons. The van der Waals surface area contributed by atoms with Crippen LogP contribution in [-0.2, 0) is 0 Å². The van der Waals surface area contributed by atoms with E-state index in [1.807, 2.05) is 72.0 Å². The minimum atomic E-state index is 0.660. The second-order valence-corrected chi connectivity index (χ2v) is 12.0. The van der Waals surface area contributed by atoms with Gasteiger partial charge in [0.05, 0.1) is 16.7 Å². The van der Waals surface area contributed by atoms with E-state index in [0.717, 1.165) is 16.7 Å². The van der Waals surface area contributed by atoms with Gasteiger partial charge in [0.1, 0.15) is 0 Å². The van der Waals surface area contributed by atoms with Gasteiger partial charge in [-0.2, -0.15) is 0 Å². The molecule has 0 fully saturated rings. The molecule has 0 bridgehead atoms. The lowest BCUT2D eigenvalue weighted by atomic mass is 10.1. The second kappa shape index (κ2) is 9.97. The number of thiophene rings is 1. The van der Waals surface area contributed by atoms with Crippen LogP contribution in [0.2, 0.25) is 0 Å². The van der Waals surface area contributed by atoms with Crippen molar-refractivity contribution in [3.63, 3.8) is 0 Å². The van der Waals surface area contributed by atoms with Crippen LogP contribution in [0, 0.1) is 0 Å². The summed E-state index contributed by atoms with van der Waals surface area (Å²) in [6, 6.07) is 50.8. The van der Waals surface area contributed by atoms with Gasteiger partial charge in [0, 0.05) is 47.6 Å². The summed E-state index contributed by atoms with van der Waals surface area (Å²) in [7, 11) is 0. The summed E-state index contributed by atoms with van der Waals surface area (Å²) in [5.41, 5.74) is 6.47. The molecule has 9 aromatic rings. The number of nitrogens with zero attached hydrogens (tertiary/aromatic N) is 4. The molecule has 6 aromatic carbocycles. The monoisotopic (exact) mass is 580 g/mol. The van der Waals surface area contributed by atoms with E-state index in [1.165, 1.54) is 47.7 Å². The van der Waals surface area contributed by atoms with Crippen LogP contribution in [0.4, 0.5) is 0 Å². The van der Waals surface area contributed by atoms with Crippen molar-refractivity contribution in [2.24, 2.45) is 0 Å². The maximum absolute atomic E-state index is 5.00. The van der Waals surface area contributed by atoms with E-state index in [0.29, 0.717) is 17.5 Å². The Hall–Kier alpha value is -5.65. The highest BCUT2D eigenvalue weighted by Gasteiger charge is 2.18. The fourth-order valence-electron chi connectivity index (χ4n) is 6.25. The van der Waals surface area contributed by atoms with Crippen molar-refractivity contribution in [2.45, 2.75) is 0 Å². The average molecular weight is 581 g/mol. The van der Waals surface area contributed by atoms with Crippen molar-refractivity contribution in [1.29, 1.82) is 0 Å². The van der Waals surface area contributed by atoms with Crippen LogP contribution >= 0.6 is 11.3 Å². The summed E-state index contributed by atoms with van der Waals surface area (Å²) >= 11 is 1.82. The molecule has 0 aliphatic rings. The Labute approximate surface area is 257 Å². The quantitative estimate of drug-likeness (QED) is 0.208. The molecule has 0 spiro atoms. The Morgan fingerprint density at radius 2 is 0.955 bits per heavy atom. The smallest absolute Gasteiger partial charge is 0.164 e. The average Bonchev–Trinajstić information content (AvgIpc) is 3.64. The largest absolute Gasteiger partial charge is 0.309 e. The van der Waals surface area contributed by atoms with E-state index in [-0.39, 0.29) is 0 Å². The van der Waals surface area contributed by atoms with Gasteiger partial charge in [0.25, 0.3) is 0 Å². The topological polar surface area (TPSA) is 43.6 Å². The molecule has 0 aliphatic carbocycles. The fraction of sp³-hybridized carbons (Fsp3) is 0. The molecule has 0 saturated heterocycles. The molecular weight excluding hydrogens is 557 g/mol. The normalized spacial score (nSPS) is 11.6. The zero-order valence-electron chi connectivity index (χ0n) is 23.6. The third kappa shape index (κ3) is 3.94. The zero-order valence-corrected chi connectivity index (χ0v) is 24.4. The summed E-state index contributed by atoms with van der Waals surface area (Å²) in [4.78, 5) is 14.9. The second-order valence-electron chi connectivity index (χ2n) is 10.9. The fourth-order valence-corrected chi connectivity index (χ4v) is 7.36. The predicted molar refractivity (Wildman–Crippen MR) is 183 cm³/mol. The first kappa shape index (κ1) is 24.9. The highest BCUT2D eigenvalue weighted by Crippen LogP contribution is 2.42. The number of para-hydroxylation sites is 2. The Morgan fingerprint density at radius 3 is 1.57 bits per heavy atom. The van der Waals surface area contributed by atoms with E-state index in [9.17, 15) is 0 Å². The number of hydrogen-bond donors (Lipinski definition) is 0. The van der Waals surface area contributed by atoms with E-state index in [4.69, 9.17) is 15.0 Å². The van der Waals surface area contributed by atoms with Gasteiger partial charge in [-0.15, -0.1) is 11.3 Å². The third-order valence-corrected chi connectivity index (χ3v) is 9.39. The summed E-state index contributed by atoms with van der Waals surface area (Å²) in [6.45, 7) is 0. The summed E-state index contributed by atoms with van der Waals surface area (Å²) in [6.07, 6.45) is 0. The summed E-state index contributed by atoms with van der Waals surface area (Å²) < 4.78 is 4.90. The van der Waals surface area contributed by atoms with E-state index >= 15 is 0 Å². The molecule has 0 N–H and O–H groups in total. The maximum atomic E-state index is 5.00. The van der Waals surface area contributed by atoms with Gasteiger partial charge < -0.3 is 4.57 Å². The predicted octanol–water partition coefficient (Wildman–Crippen LogP) is 10.3. The van der Waals surface area contributed by atoms with Crippen LogP contribution in [0.15, 0.2) is 146 Å². The van der Waals surface area contributed by atoms with Gasteiger partial charge >= 0.3 is 0 Å². The minimum absolute atomic E-state index is 0.660. The molecule has 44 heavy (non-hydrogen) atoms. The lowest BCUT2D eigenvalue weighted by Crippen LogP contribution is -2.00. The van der Waals surface area contributed by atoms with Crippen LogP contribution in [0.25, 0.3) is 81.8 Å². The summed E-state index contributed by atoms with van der Waals surface area (Å²) in [5, 5.41) is 4.95. The highest BCUT2D eigenvalue weighted by atomic mass is 32.1. The Balaban J connectivity index is 1.30. The highest BCUT2D eigenvalue weighted by molar-refractivity contribution is 7.25. The van der Waals surface area contributed by atoms with Crippen LogP contribution < -0.4 is 0 Å². The lowest BCUT2D eigenvalue weighted by Gasteiger charge is -2.11. The lowest BCUT2D eigenvalue weighted by molar-refractivity contribution is 1.07. The van der Waals surface area contributed by atoms with E-state index in [2.05, 4.69) is 89.5 Å². The van der Waals surface area contributed by atoms with E-state index < -0.39 is 0 Å². The van der Waals surface area contributed by atoms with Gasteiger partial charge in [-0.3, -0.25) is 0 Å². The van der Waals surface area contributed by atoms with Crippen molar-refractivity contribution < 1.29 is 0 Å². The number of rotatable bonds is 4.